The Labute approximate surface area is 167 Å². The summed E-state index contributed by atoms with van der Waals surface area (Å²) in [6, 6.07) is 4.63. The van der Waals surface area contributed by atoms with Crippen molar-refractivity contribution in [2.24, 2.45) is 0 Å². The fourth-order valence-corrected chi connectivity index (χ4v) is 3.89. The van der Waals surface area contributed by atoms with Gasteiger partial charge in [0.1, 0.15) is 5.82 Å². The first-order valence-electron chi connectivity index (χ1n) is 9.68. The third-order valence-electron chi connectivity index (χ3n) is 4.88. The fraction of sp³-hybridized carbons (Fsp3) is 0.455. The Balaban J connectivity index is 2.27. The molecule has 0 unspecified atom stereocenters. The van der Waals surface area contributed by atoms with E-state index in [4.69, 9.17) is 21.6 Å². The molecule has 0 spiro atoms. The molecular formula is C22H29ClN4. The van der Waals surface area contributed by atoms with Crippen LogP contribution in [0.4, 0.5) is 5.82 Å². The molecule has 0 aliphatic heterocycles. The Bertz CT molecular complexity index is 986. The van der Waals surface area contributed by atoms with Gasteiger partial charge in [-0.3, -0.25) is 0 Å². The first-order chi connectivity index (χ1) is 12.7. The predicted octanol–water partition coefficient (Wildman–Crippen LogP) is 6.50. The van der Waals surface area contributed by atoms with E-state index in [-0.39, 0.29) is 5.92 Å². The maximum atomic E-state index is 6.57. The van der Waals surface area contributed by atoms with Crippen LogP contribution in [0.5, 0.6) is 0 Å². The Morgan fingerprint density at radius 2 is 1.78 bits per heavy atom. The lowest BCUT2D eigenvalue weighted by Gasteiger charge is -2.17. The molecule has 0 radical (unpaired) electrons. The Kier molecular flexibility index (Phi) is 5.48. The minimum absolute atomic E-state index is 0.266. The number of anilines is 1. The van der Waals surface area contributed by atoms with E-state index in [2.05, 4.69) is 70.6 Å². The van der Waals surface area contributed by atoms with Gasteiger partial charge in [-0.1, -0.05) is 25.4 Å². The zero-order valence-corrected chi connectivity index (χ0v) is 18.1. The second kappa shape index (κ2) is 7.51. The molecule has 3 aromatic heterocycles. The molecule has 3 rings (SSSR count). The quantitative estimate of drug-likeness (QED) is 0.545. The Morgan fingerprint density at radius 3 is 2.37 bits per heavy atom. The Hall–Kier alpha value is -2.07. The van der Waals surface area contributed by atoms with Crippen molar-refractivity contribution in [1.82, 2.24) is 14.5 Å². The van der Waals surface area contributed by atoms with Crippen molar-refractivity contribution in [3.8, 4) is 11.3 Å². The van der Waals surface area contributed by atoms with Gasteiger partial charge < -0.3 is 9.88 Å². The van der Waals surface area contributed by atoms with E-state index in [9.17, 15) is 0 Å². The molecule has 0 saturated carbocycles. The van der Waals surface area contributed by atoms with Crippen molar-refractivity contribution in [1.29, 1.82) is 0 Å². The largest absolute Gasteiger partial charge is 0.370 e. The van der Waals surface area contributed by atoms with E-state index in [1.807, 2.05) is 6.07 Å². The summed E-state index contributed by atoms with van der Waals surface area (Å²) in [5.41, 5.74) is 7.33. The molecule has 0 atom stereocenters. The highest BCUT2D eigenvalue weighted by Gasteiger charge is 2.19. The van der Waals surface area contributed by atoms with Gasteiger partial charge >= 0.3 is 0 Å². The number of halogens is 1. The zero-order chi connectivity index (χ0) is 19.9. The van der Waals surface area contributed by atoms with Crippen LogP contribution in [0, 0.1) is 13.8 Å². The third-order valence-corrected chi connectivity index (χ3v) is 5.19. The molecule has 5 heteroatoms. The van der Waals surface area contributed by atoms with E-state index in [1.54, 1.807) is 0 Å². The number of hydrogen-bond donors (Lipinski definition) is 1. The van der Waals surface area contributed by atoms with Gasteiger partial charge in [-0.2, -0.15) is 0 Å². The molecule has 0 fully saturated rings. The van der Waals surface area contributed by atoms with Crippen LogP contribution in [0.1, 0.15) is 63.4 Å². The topological polar surface area (TPSA) is 42.7 Å². The third kappa shape index (κ3) is 3.55. The van der Waals surface area contributed by atoms with Crippen LogP contribution in [-0.2, 0) is 0 Å². The molecule has 3 heterocycles. The molecule has 0 amide bonds. The van der Waals surface area contributed by atoms with Crippen LogP contribution in [0.2, 0.25) is 5.02 Å². The molecule has 0 saturated heterocycles. The fourth-order valence-electron chi connectivity index (χ4n) is 3.52. The maximum Gasteiger partial charge on any atom is 0.135 e. The lowest BCUT2D eigenvalue weighted by molar-refractivity contribution is 0.621. The number of pyridine rings is 2. The summed E-state index contributed by atoms with van der Waals surface area (Å²) in [4.78, 5) is 9.87. The average molecular weight is 385 g/mol. The minimum Gasteiger partial charge on any atom is -0.370 e. The van der Waals surface area contributed by atoms with Crippen molar-refractivity contribution in [2.75, 3.05) is 11.9 Å². The van der Waals surface area contributed by atoms with Crippen LogP contribution in [0.25, 0.3) is 22.3 Å². The van der Waals surface area contributed by atoms with Gasteiger partial charge in [-0.25, -0.2) is 9.97 Å². The van der Waals surface area contributed by atoms with Gasteiger partial charge in [-0.15, -0.1) is 0 Å². The number of nitrogens with zero attached hydrogens (tertiary/aromatic N) is 3. The molecule has 144 valence electrons. The highest BCUT2D eigenvalue weighted by atomic mass is 35.5. The van der Waals surface area contributed by atoms with Crippen molar-refractivity contribution in [3.63, 3.8) is 0 Å². The second-order valence-electron chi connectivity index (χ2n) is 7.77. The van der Waals surface area contributed by atoms with Gasteiger partial charge in [0.2, 0.25) is 0 Å². The predicted molar refractivity (Wildman–Crippen MR) is 116 cm³/mol. The van der Waals surface area contributed by atoms with Gasteiger partial charge in [-0.05, 0) is 63.8 Å². The highest BCUT2D eigenvalue weighted by molar-refractivity contribution is 6.31. The van der Waals surface area contributed by atoms with Gasteiger partial charge in [0.05, 0.1) is 27.4 Å². The molecule has 4 nitrogen and oxygen atoms in total. The molecule has 27 heavy (non-hydrogen) atoms. The molecular weight excluding hydrogens is 356 g/mol. The summed E-state index contributed by atoms with van der Waals surface area (Å²) in [6.07, 6.45) is 2.18. The van der Waals surface area contributed by atoms with Crippen LogP contribution in [0.15, 0.2) is 18.3 Å². The van der Waals surface area contributed by atoms with Gasteiger partial charge in [0.15, 0.2) is 0 Å². The number of aromatic nitrogens is 3. The molecule has 1 N–H and O–H groups in total. The molecule has 0 aliphatic carbocycles. The van der Waals surface area contributed by atoms with Crippen LogP contribution < -0.4 is 5.32 Å². The summed E-state index contributed by atoms with van der Waals surface area (Å²) in [7, 11) is 0. The highest BCUT2D eigenvalue weighted by Crippen LogP contribution is 2.36. The summed E-state index contributed by atoms with van der Waals surface area (Å²) >= 11 is 6.57. The summed E-state index contributed by atoms with van der Waals surface area (Å²) in [5.74, 6) is 1.12. The maximum absolute atomic E-state index is 6.57. The molecule has 3 aromatic rings. The van der Waals surface area contributed by atoms with E-state index < -0.39 is 0 Å². The number of nitrogens with one attached hydrogen (secondary N) is 1. The van der Waals surface area contributed by atoms with Gasteiger partial charge in [0, 0.05) is 24.3 Å². The summed E-state index contributed by atoms with van der Waals surface area (Å²) in [6.45, 7) is 15.7. The number of fused-ring (bicyclic) bond motifs is 1. The van der Waals surface area contributed by atoms with E-state index in [0.717, 1.165) is 40.4 Å². The second-order valence-corrected chi connectivity index (χ2v) is 8.18. The molecule has 0 aromatic carbocycles. The van der Waals surface area contributed by atoms with E-state index >= 15 is 0 Å². The first-order valence-corrected chi connectivity index (χ1v) is 10.1. The van der Waals surface area contributed by atoms with E-state index in [0.29, 0.717) is 11.1 Å². The van der Waals surface area contributed by atoms with Crippen molar-refractivity contribution < 1.29 is 0 Å². The smallest absolute Gasteiger partial charge is 0.135 e. The zero-order valence-electron chi connectivity index (χ0n) is 17.3. The summed E-state index contributed by atoms with van der Waals surface area (Å²) in [5, 5.41) is 4.09. The average Bonchev–Trinajstić information content (AvgIpc) is 2.91. The molecule has 0 aliphatic rings. The monoisotopic (exact) mass is 384 g/mol. The lowest BCUT2D eigenvalue weighted by atomic mass is 10.0. The van der Waals surface area contributed by atoms with Crippen molar-refractivity contribution in [2.45, 2.75) is 60.4 Å². The van der Waals surface area contributed by atoms with Crippen LogP contribution in [-0.4, -0.2) is 21.1 Å². The number of aryl methyl sites for hydroxylation is 2. The van der Waals surface area contributed by atoms with Crippen molar-refractivity contribution in [3.05, 3.63) is 40.2 Å². The number of hydrogen-bond acceptors (Lipinski definition) is 3. The van der Waals surface area contributed by atoms with Gasteiger partial charge in [0.25, 0.3) is 0 Å². The lowest BCUT2D eigenvalue weighted by Crippen LogP contribution is -2.06. The van der Waals surface area contributed by atoms with Crippen LogP contribution >= 0.6 is 11.6 Å². The van der Waals surface area contributed by atoms with Crippen LogP contribution in [0.3, 0.4) is 0 Å². The standard InChI is InChI=1S/C22H29ClN4/c1-8-24-22-16(10-17(23)19(26-22)12(2)3)20-14(6)9-18-21(25-20)15(7)11-27(18)13(4)5/h9-13H,8H2,1-7H3,(H,24,26). The van der Waals surface area contributed by atoms with E-state index in [1.165, 1.54) is 11.1 Å². The minimum atomic E-state index is 0.266. The molecule has 0 bridgehead atoms. The Morgan fingerprint density at radius 1 is 1.07 bits per heavy atom. The summed E-state index contributed by atoms with van der Waals surface area (Å²) < 4.78 is 2.28. The van der Waals surface area contributed by atoms with Crippen molar-refractivity contribution >= 4 is 28.5 Å². The first kappa shape index (κ1) is 19.7. The normalized spacial score (nSPS) is 11.8. The number of rotatable bonds is 5. The SMILES string of the molecule is CCNc1nc(C(C)C)c(Cl)cc1-c1nc2c(C)cn(C(C)C)c2cc1C.